The van der Waals surface area contributed by atoms with Crippen molar-refractivity contribution in [1.82, 2.24) is 9.97 Å². The molecule has 0 fully saturated rings. The molecule has 4 heteroatoms. The van der Waals surface area contributed by atoms with E-state index in [2.05, 4.69) is 9.97 Å². The largest absolute Gasteiger partial charge is 0.226 e. The lowest BCUT2D eigenvalue weighted by Gasteiger charge is -1.96. The number of rotatable bonds is 1. The Morgan fingerprint density at radius 2 is 2.20 bits per heavy atom. The van der Waals surface area contributed by atoms with Gasteiger partial charge in [0.1, 0.15) is 5.15 Å². The van der Waals surface area contributed by atoms with Crippen molar-refractivity contribution in [3.05, 3.63) is 28.6 Å². The van der Waals surface area contributed by atoms with Gasteiger partial charge in [0.2, 0.25) is 5.28 Å². The Balaban J connectivity index is 3.07. The maximum atomic E-state index is 5.66. The lowest BCUT2D eigenvalue weighted by Crippen LogP contribution is -1.87. The van der Waals surface area contributed by atoms with Gasteiger partial charge in [-0.05, 0) is 18.0 Å². The van der Waals surface area contributed by atoms with Crippen molar-refractivity contribution in [3.8, 4) is 0 Å². The molecule has 0 aromatic carbocycles. The van der Waals surface area contributed by atoms with Crippen LogP contribution in [0.5, 0.6) is 0 Å². The number of aromatic nitrogens is 2. The molecule has 0 unspecified atom stereocenters. The SMILES string of the molecule is C[CH]c1cnc(Cl)nc1Cl. The molecule has 1 heterocycles. The summed E-state index contributed by atoms with van der Waals surface area (Å²) in [5.74, 6) is 0. The Bertz CT molecular complexity index is 237. The second-order valence-corrected chi connectivity index (χ2v) is 2.37. The van der Waals surface area contributed by atoms with Gasteiger partial charge < -0.3 is 0 Å². The molecule has 1 aromatic heterocycles. The molecule has 0 bridgehead atoms. The molecular weight excluding hydrogens is 171 g/mol. The van der Waals surface area contributed by atoms with E-state index in [4.69, 9.17) is 23.2 Å². The van der Waals surface area contributed by atoms with E-state index < -0.39 is 0 Å². The molecule has 0 spiro atoms. The minimum Gasteiger partial charge on any atom is -0.226 e. The summed E-state index contributed by atoms with van der Waals surface area (Å²) in [7, 11) is 0. The molecule has 0 amide bonds. The summed E-state index contributed by atoms with van der Waals surface area (Å²) < 4.78 is 0. The van der Waals surface area contributed by atoms with Gasteiger partial charge in [0.15, 0.2) is 0 Å². The van der Waals surface area contributed by atoms with Crippen LogP contribution in [0, 0.1) is 6.42 Å². The van der Waals surface area contributed by atoms with Gasteiger partial charge in [0.05, 0.1) is 0 Å². The highest BCUT2D eigenvalue weighted by molar-refractivity contribution is 6.32. The molecule has 1 radical (unpaired) electrons. The van der Waals surface area contributed by atoms with Crippen molar-refractivity contribution < 1.29 is 0 Å². The quantitative estimate of drug-likeness (QED) is 0.484. The minimum absolute atomic E-state index is 0.176. The van der Waals surface area contributed by atoms with Gasteiger partial charge in [-0.3, -0.25) is 0 Å². The van der Waals surface area contributed by atoms with Gasteiger partial charge in [0, 0.05) is 11.8 Å². The monoisotopic (exact) mass is 175 g/mol. The fourth-order valence-corrected chi connectivity index (χ4v) is 0.959. The molecule has 10 heavy (non-hydrogen) atoms. The van der Waals surface area contributed by atoms with Crippen molar-refractivity contribution in [1.29, 1.82) is 0 Å². The Morgan fingerprint density at radius 1 is 1.50 bits per heavy atom. The highest BCUT2D eigenvalue weighted by Crippen LogP contribution is 2.14. The van der Waals surface area contributed by atoms with E-state index in [-0.39, 0.29) is 5.28 Å². The molecule has 53 valence electrons. The lowest BCUT2D eigenvalue weighted by molar-refractivity contribution is 1.13. The van der Waals surface area contributed by atoms with E-state index in [0.29, 0.717) is 5.15 Å². The van der Waals surface area contributed by atoms with Crippen molar-refractivity contribution >= 4 is 23.2 Å². The van der Waals surface area contributed by atoms with E-state index in [0.717, 1.165) is 5.56 Å². The maximum Gasteiger partial charge on any atom is 0.223 e. The third kappa shape index (κ3) is 1.58. The summed E-state index contributed by atoms with van der Waals surface area (Å²) in [6.07, 6.45) is 3.40. The van der Waals surface area contributed by atoms with E-state index in [9.17, 15) is 0 Å². The number of hydrogen-bond donors (Lipinski definition) is 0. The van der Waals surface area contributed by atoms with Crippen molar-refractivity contribution in [2.24, 2.45) is 0 Å². The van der Waals surface area contributed by atoms with Crippen LogP contribution in [0.2, 0.25) is 10.4 Å². The number of nitrogens with zero attached hydrogens (tertiary/aromatic N) is 2. The zero-order chi connectivity index (χ0) is 7.56. The van der Waals surface area contributed by atoms with Gasteiger partial charge >= 0.3 is 0 Å². The highest BCUT2D eigenvalue weighted by atomic mass is 35.5. The highest BCUT2D eigenvalue weighted by Gasteiger charge is 1.99. The van der Waals surface area contributed by atoms with Gasteiger partial charge in [-0.1, -0.05) is 18.5 Å². The van der Waals surface area contributed by atoms with Crippen LogP contribution < -0.4 is 0 Å². The fourth-order valence-electron chi connectivity index (χ4n) is 0.544. The standard InChI is InChI=1S/C6H5Cl2N2/c1-2-4-3-9-6(8)10-5(4)7/h2-3H,1H3. The van der Waals surface area contributed by atoms with Gasteiger partial charge in [-0.25, -0.2) is 9.97 Å². The molecule has 1 rings (SSSR count). The van der Waals surface area contributed by atoms with Crippen LogP contribution in [0.1, 0.15) is 12.5 Å². The Labute approximate surface area is 69.2 Å². The molecule has 0 aliphatic heterocycles. The molecule has 0 saturated carbocycles. The van der Waals surface area contributed by atoms with Crippen LogP contribution >= 0.6 is 23.2 Å². The average molecular weight is 176 g/mol. The molecule has 0 aliphatic carbocycles. The first-order valence-corrected chi connectivity index (χ1v) is 3.47. The van der Waals surface area contributed by atoms with Crippen LogP contribution in [0.4, 0.5) is 0 Å². The summed E-state index contributed by atoms with van der Waals surface area (Å²) in [6, 6.07) is 0. The first kappa shape index (κ1) is 7.76. The smallest absolute Gasteiger partial charge is 0.223 e. The maximum absolute atomic E-state index is 5.66. The van der Waals surface area contributed by atoms with Crippen LogP contribution in [-0.2, 0) is 0 Å². The second kappa shape index (κ2) is 3.17. The van der Waals surface area contributed by atoms with Crippen LogP contribution in [0.25, 0.3) is 0 Å². The first-order chi connectivity index (χ1) is 4.74. The number of halogens is 2. The molecule has 0 N–H and O–H groups in total. The predicted octanol–water partition coefficient (Wildman–Crippen LogP) is 2.36. The molecule has 0 saturated heterocycles. The van der Waals surface area contributed by atoms with Crippen LogP contribution in [0.3, 0.4) is 0 Å². The second-order valence-electron chi connectivity index (χ2n) is 1.67. The molecule has 2 nitrogen and oxygen atoms in total. The summed E-state index contributed by atoms with van der Waals surface area (Å²) in [5, 5.41) is 0.568. The van der Waals surface area contributed by atoms with Crippen LogP contribution in [-0.4, -0.2) is 9.97 Å². The van der Waals surface area contributed by atoms with Gasteiger partial charge in [-0.2, -0.15) is 0 Å². The molecule has 0 aliphatic rings. The predicted molar refractivity (Wildman–Crippen MR) is 41.1 cm³/mol. The van der Waals surface area contributed by atoms with Crippen molar-refractivity contribution in [2.75, 3.05) is 0 Å². The average Bonchev–Trinajstić information content (AvgIpc) is 1.88. The third-order valence-electron chi connectivity index (χ3n) is 1.05. The molecule has 1 aromatic rings. The normalized spacial score (nSPS) is 9.90. The summed E-state index contributed by atoms with van der Waals surface area (Å²) in [4.78, 5) is 7.48. The van der Waals surface area contributed by atoms with E-state index in [1.54, 1.807) is 6.20 Å². The minimum atomic E-state index is 0.176. The topological polar surface area (TPSA) is 25.8 Å². The van der Waals surface area contributed by atoms with Gasteiger partial charge in [0.25, 0.3) is 0 Å². The summed E-state index contributed by atoms with van der Waals surface area (Å²) >= 11 is 11.1. The summed E-state index contributed by atoms with van der Waals surface area (Å²) in [5.41, 5.74) is 0.797. The fraction of sp³-hybridized carbons (Fsp3) is 0.167. The van der Waals surface area contributed by atoms with Gasteiger partial charge in [-0.15, -0.1) is 0 Å². The van der Waals surface area contributed by atoms with Crippen molar-refractivity contribution in [2.45, 2.75) is 6.92 Å². The van der Waals surface area contributed by atoms with E-state index in [1.807, 2.05) is 13.3 Å². The summed E-state index contributed by atoms with van der Waals surface area (Å²) in [6.45, 7) is 1.86. The lowest BCUT2D eigenvalue weighted by atomic mass is 10.3. The van der Waals surface area contributed by atoms with Crippen molar-refractivity contribution in [3.63, 3.8) is 0 Å². The first-order valence-electron chi connectivity index (χ1n) is 2.71. The van der Waals surface area contributed by atoms with E-state index in [1.165, 1.54) is 0 Å². The van der Waals surface area contributed by atoms with Crippen LogP contribution in [0.15, 0.2) is 6.20 Å². The zero-order valence-electron chi connectivity index (χ0n) is 5.31. The zero-order valence-corrected chi connectivity index (χ0v) is 6.82. The number of hydrogen-bond acceptors (Lipinski definition) is 2. The Kier molecular flexibility index (Phi) is 2.46. The Morgan fingerprint density at radius 3 is 2.70 bits per heavy atom. The van der Waals surface area contributed by atoms with E-state index >= 15 is 0 Å². The molecule has 0 atom stereocenters. The third-order valence-corrected chi connectivity index (χ3v) is 1.53. The molecular formula is C6H5Cl2N2. The Hall–Kier alpha value is -0.340.